The lowest BCUT2D eigenvalue weighted by atomic mass is 10.0. The van der Waals surface area contributed by atoms with Gasteiger partial charge in [-0.1, -0.05) is 20.3 Å². The lowest BCUT2D eigenvalue weighted by Gasteiger charge is -2.23. The van der Waals surface area contributed by atoms with Gasteiger partial charge in [0.1, 0.15) is 0 Å². The summed E-state index contributed by atoms with van der Waals surface area (Å²) in [5.74, 6) is 0.521. The second kappa shape index (κ2) is 7.21. The first kappa shape index (κ1) is 13.9. The van der Waals surface area contributed by atoms with Gasteiger partial charge in [-0.25, -0.2) is 0 Å². The predicted molar refractivity (Wildman–Crippen MR) is 59.3 cm³/mol. The molecule has 0 spiro atoms. The third kappa shape index (κ3) is 6.35. The van der Waals surface area contributed by atoms with Gasteiger partial charge in [0.2, 0.25) is 0 Å². The minimum atomic E-state index is -0.600. The van der Waals surface area contributed by atoms with Crippen molar-refractivity contribution in [2.45, 2.75) is 45.6 Å². The average molecular weight is 203 g/mol. The summed E-state index contributed by atoms with van der Waals surface area (Å²) < 4.78 is 0. The number of aliphatic hydroxyl groups excluding tert-OH is 1. The second-order valence-electron chi connectivity index (χ2n) is 4.27. The van der Waals surface area contributed by atoms with Crippen molar-refractivity contribution >= 4 is 0 Å². The molecule has 3 heteroatoms. The SMILES string of the molecule is CCC(CCO)CNCC(C)(O)CC. The van der Waals surface area contributed by atoms with Crippen LogP contribution in [0.25, 0.3) is 0 Å². The van der Waals surface area contributed by atoms with Gasteiger partial charge < -0.3 is 15.5 Å². The fourth-order valence-electron chi connectivity index (χ4n) is 1.30. The lowest BCUT2D eigenvalue weighted by molar-refractivity contribution is 0.0546. The van der Waals surface area contributed by atoms with Crippen molar-refractivity contribution in [3.8, 4) is 0 Å². The Morgan fingerprint density at radius 1 is 1.36 bits per heavy atom. The van der Waals surface area contributed by atoms with Crippen LogP contribution in [0.4, 0.5) is 0 Å². The van der Waals surface area contributed by atoms with Crippen LogP contribution in [0.5, 0.6) is 0 Å². The Kier molecular flexibility index (Phi) is 7.15. The Balaban J connectivity index is 3.60. The monoisotopic (exact) mass is 203 g/mol. The second-order valence-corrected chi connectivity index (χ2v) is 4.27. The van der Waals surface area contributed by atoms with E-state index in [4.69, 9.17) is 5.11 Å². The van der Waals surface area contributed by atoms with Crippen LogP contribution in [-0.2, 0) is 0 Å². The van der Waals surface area contributed by atoms with Crippen LogP contribution < -0.4 is 5.32 Å². The molecule has 2 unspecified atom stereocenters. The van der Waals surface area contributed by atoms with Gasteiger partial charge in [0.05, 0.1) is 5.60 Å². The summed E-state index contributed by atoms with van der Waals surface area (Å²) in [6, 6.07) is 0. The molecule has 14 heavy (non-hydrogen) atoms. The van der Waals surface area contributed by atoms with Crippen molar-refractivity contribution in [1.29, 1.82) is 0 Å². The summed E-state index contributed by atoms with van der Waals surface area (Å²) in [7, 11) is 0. The third-order valence-electron chi connectivity index (χ3n) is 2.82. The maximum Gasteiger partial charge on any atom is 0.0740 e. The Labute approximate surface area is 87.5 Å². The molecule has 0 amide bonds. The lowest BCUT2D eigenvalue weighted by Crippen LogP contribution is -2.39. The molecular weight excluding hydrogens is 178 g/mol. The van der Waals surface area contributed by atoms with Gasteiger partial charge in [-0.3, -0.25) is 0 Å². The van der Waals surface area contributed by atoms with Crippen molar-refractivity contribution in [3.63, 3.8) is 0 Å². The van der Waals surface area contributed by atoms with Crippen molar-refractivity contribution in [2.24, 2.45) is 5.92 Å². The highest BCUT2D eigenvalue weighted by molar-refractivity contribution is 4.74. The van der Waals surface area contributed by atoms with Crippen LogP contribution >= 0.6 is 0 Å². The Hall–Kier alpha value is -0.120. The first-order chi connectivity index (χ1) is 6.55. The zero-order valence-electron chi connectivity index (χ0n) is 9.71. The zero-order valence-corrected chi connectivity index (χ0v) is 9.71. The number of nitrogens with one attached hydrogen (secondary N) is 1. The van der Waals surface area contributed by atoms with Gasteiger partial charge in [-0.2, -0.15) is 0 Å². The van der Waals surface area contributed by atoms with Crippen LogP contribution in [0.1, 0.15) is 40.0 Å². The molecule has 0 saturated carbocycles. The van der Waals surface area contributed by atoms with Gasteiger partial charge in [0.25, 0.3) is 0 Å². The molecule has 0 heterocycles. The predicted octanol–water partition coefficient (Wildman–Crippen LogP) is 1.15. The maximum absolute atomic E-state index is 9.73. The van der Waals surface area contributed by atoms with E-state index in [9.17, 15) is 5.11 Å². The van der Waals surface area contributed by atoms with Crippen molar-refractivity contribution in [3.05, 3.63) is 0 Å². The molecule has 0 aromatic carbocycles. The molecule has 0 aliphatic heterocycles. The normalized spacial score (nSPS) is 17.8. The number of hydrogen-bond acceptors (Lipinski definition) is 3. The van der Waals surface area contributed by atoms with Gasteiger partial charge in [-0.15, -0.1) is 0 Å². The molecule has 0 aliphatic rings. The Morgan fingerprint density at radius 2 is 2.00 bits per heavy atom. The molecule has 0 saturated heterocycles. The third-order valence-corrected chi connectivity index (χ3v) is 2.82. The van der Waals surface area contributed by atoms with E-state index >= 15 is 0 Å². The molecule has 2 atom stereocenters. The highest BCUT2D eigenvalue weighted by Gasteiger charge is 2.17. The number of rotatable bonds is 8. The first-order valence-corrected chi connectivity index (χ1v) is 5.59. The summed E-state index contributed by atoms with van der Waals surface area (Å²) in [5.41, 5.74) is -0.600. The first-order valence-electron chi connectivity index (χ1n) is 5.59. The summed E-state index contributed by atoms with van der Waals surface area (Å²) in [4.78, 5) is 0. The maximum atomic E-state index is 9.73. The molecule has 0 aliphatic carbocycles. The van der Waals surface area contributed by atoms with E-state index in [0.717, 1.165) is 25.8 Å². The molecule has 0 aromatic heterocycles. The molecular formula is C11H25NO2. The van der Waals surface area contributed by atoms with E-state index in [1.165, 1.54) is 0 Å². The van der Waals surface area contributed by atoms with E-state index in [1.807, 2.05) is 13.8 Å². The van der Waals surface area contributed by atoms with Gasteiger partial charge in [0.15, 0.2) is 0 Å². The molecule has 3 nitrogen and oxygen atoms in total. The quantitative estimate of drug-likeness (QED) is 0.554. The molecule has 0 radical (unpaired) electrons. The molecule has 0 rings (SSSR count). The molecule has 3 N–H and O–H groups in total. The van der Waals surface area contributed by atoms with Gasteiger partial charge in [-0.05, 0) is 32.2 Å². The van der Waals surface area contributed by atoms with Gasteiger partial charge in [0, 0.05) is 13.2 Å². The number of aliphatic hydroxyl groups is 2. The molecule has 0 bridgehead atoms. The minimum absolute atomic E-state index is 0.254. The van der Waals surface area contributed by atoms with E-state index in [1.54, 1.807) is 0 Å². The average Bonchev–Trinajstić information content (AvgIpc) is 2.16. The summed E-state index contributed by atoms with van der Waals surface area (Å²) >= 11 is 0. The summed E-state index contributed by atoms with van der Waals surface area (Å²) in [6.07, 6.45) is 2.68. The van der Waals surface area contributed by atoms with Crippen LogP contribution in [-0.4, -0.2) is 35.5 Å². The van der Waals surface area contributed by atoms with E-state index < -0.39 is 5.60 Å². The molecule has 0 aromatic rings. The van der Waals surface area contributed by atoms with Crippen LogP contribution in [0.3, 0.4) is 0 Å². The Morgan fingerprint density at radius 3 is 2.43 bits per heavy atom. The van der Waals surface area contributed by atoms with Gasteiger partial charge >= 0.3 is 0 Å². The summed E-state index contributed by atoms with van der Waals surface area (Å²) in [5, 5.41) is 21.8. The van der Waals surface area contributed by atoms with E-state index in [-0.39, 0.29) is 6.61 Å². The topological polar surface area (TPSA) is 52.5 Å². The highest BCUT2D eigenvalue weighted by atomic mass is 16.3. The smallest absolute Gasteiger partial charge is 0.0740 e. The van der Waals surface area contributed by atoms with Crippen molar-refractivity contribution < 1.29 is 10.2 Å². The number of hydrogen-bond donors (Lipinski definition) is 3. The standard InChI is InChI=1S/C11H25NO2/c1-4-10(6-7-13)8-12-9-11(3,14)5-2/h10,12-14H,4-9H2,1-3H3. The highest BCUT2D eigenvalue weighted by Crippen LogP contribution is 2.08. The largest absolute Gasteiger partial charge is 0.396 e. The van der Waals surface area contributed by atoms with Crippen molar-refractivity contribution in [1.82, 2.24) is 5.32 Å². The van der Waals surface area contributed by atoms with Crippen molar-refractivity contribution in [2.75, 3.05) is 19.7 Å². The zero-order chi connectivity index (χ0) is 11.0. The van der Waals surface area contributed by atoms with E-state index in [0.29, 0.717) is 12.5 Å². The van der Waals surface area contributed by atoms with E-state index in [2.05, 4.69) is 12.2 Å². The summed E-state index contributed by atoms with van der Waals surface area (Å²) in [6.45, 7) is 7.71. The molecule has 0 fully saturated rings. The van der Waals surface area contributed by atoms with Crippen LogP contribution in [0.15, 0.2) is 0 Å². The molecule has 86 valence electrons. The fraction of sp³-hybridized carbons (Fsp3) is 1.00. The van der Waals surface area contributed by atoms with Crippen LogP contribution in [0.2, 0.25) is 0 Å². The Bertz CT molecular complexity index is 137. The fourth-order valence-corrected chi connectivity index (χ4v) is 1.30. The minimum Gasteiger partial charge on any atom is -0.396 e. The van der Waals surface area contributed by atoms with Crippen LogP contribution in [0, 0.1) is 5.92 Å².